The molecule has 156 valence electrons. The van der Waals surface area contributed by atoms with Crippen LogP contribution in [0.4, 0.5) is 5.69 Å². The second-order valence-corrected chi connectivity index (χ2v) is 10.1. The van der Waals surface area contributed by atoms with Gasteiger partial charge >= 0.3 is 0 Å². The molecule has 30 heavy (non-hydrogen) atoms. The molecule has 0 aliphatic carbocycles. The van der Waals surface area contributed by atoms with Gasteiger partial charge in [-0.1, -0.05) is 36.4 Å². The van der Waals surface area contributed by atoms with E-state index in [0.717, 1.165) is 24.2 Å². The number of amides is 1. The number of nitrogens with zero attached hydrogens (tertiary/aromatic N) is 1. The molecular weight excluding hydrogens is 420 g/mol. The van der Waals surface area contributed by atoms with E-state index in [1.807, 2.05) is 18.2 Å². The van der Waals surface area contributed by atoms with Crippen LogP contribution in [0.1, 0.15) is 34.7 Å². The Morgan fingerprint density at radius 1 is 1.03 bits per heavy atom. The van der Waals surface area contributed by atoms with Gasteiger partial charge in [-0.25, -0.2) is 8.42 Å². The quantitative estimate of drug-likeness (QED) is 0.618. The summed E-state index contributed by atoms with van der Waals surface area (Å²) in [6, 6.07) is 17.7. The van der Waals surface area contributed by atoms with Crippen molar-refractivity contribution < 1.29 is 18.3 Å². The predicted octanol–water partition coefficient (Wildman–Crippen LogP) is 4.27. The lowest BCUT2D eigenvalue weighted by molar-refractivity contribution is 0.0710. The third-order valence-corrected chi connectivity index (χ3v) is 8.07. The topological polar surface area (TPSA) is 86.7 Å². The van der Waals surface area contributed by atoms with E-state index in [1.54, 1.807) is 16.3 Å². The Morgan fingerprint density at radius 2 is 1.77 bits per heavy atom. The van der Waals surface area contributed by atoms with Crippen LogP contribution in [0.15, 0.2) is 70.3 Å². The van der Waals surface area contributed by atoms with Gasteiger partial charge < -0.3 is 10.0 Å². The molecule has 1 fully saturated rings. The molecule has 4 rings (SSSR count). The number of sulfonamides is 1. The van der Waals surface area contributed by atoms with Crippen LogP contribution in [0.2, 0.25) is 0 Å². The highest BCUT2D eigenvalue weighted by Gasteiger charge is 2.26. The monoisotopic (exact) mass is 442 g/mol. The molecule has 1 amide bonds. The maximum absolute atomic E-state index is 12.9. The molecule has 8 heteroatoms. The first-order valence-electron chi connectivity index (χ1n) is 9.67. The van der Waals surface area contributed by atoms with E-state index in [9.17, 15) is 18.3 Å². The maximum atomic E-state index is 12.9. The highest BCUT2D eigenvalue weighted by Crippen LogP contribution is 2.31. The minimum atomic E-state index is -3.71. The summed E-state index contributed by atoms with van der Waals surface area (Å²) in [5.41, 5.74) is 1.67. The average molecular weight is 443 g/mol. The molecule has 1 saturated heterocycles. The molecule has 0 bridgehead atoms. The Bertz CT molecular complexity index is 1120. The first-order chi connectivity index (χ1) is 14.4. The number of likely N-dealkylation sites (tertiary alicyclic amines) is 1. The predicted molar refractivity (Wildman–Crippen MR) is 118 cm³/mol. The number of phenolic OH excluding ortho intramolecular Hbond substituents is 1. The van der Waals surface area contributed by atoms with E-state index in [4.69, 9.17) is 0 Å². The number of piperidine rings is 1. The van der Waals surface area contributed by atoms with Crippen molar-refractivity contribution in [2.75, 3.05) is 17.8 Å². The lowest BCUT2D eigenvalue weighted by Gasteiger charge is -2.32. The maximum Gasteiger partial charge on any atom is 0.271 e. The van der Waals surface area contributed by atoms with Gasteiger partial charge in [-0.05, 0) is 47.9 Å². The molecule has 1 aromatic heterocycles. The van der Waals surface area contributed by atoms with Crippen molar-refractivity contribution in [1.29, 1.82) is 0 Å². The van der Waals surface area contributed by atoms with Crippen LogP contribution >= 0.6 is 11.3 Å². The number of aromatic hydroxyl groups is 1. The summed E-state index contributed by atoms with van der Waals surface area (Å²) >= 11 is 1.10. The van der Waals surface area contributed by atoms with Crippen LogP contribution in [0, 0.1) is 0 Å². The summed E-state index contributed by atoms with van der Waals surface area (Å²) in [5, 5.41) is 12.0. The van der Waals surface area contributed by atoms with Crippen molar-refractivity contribution in [3.8, 4) is 5.75 Å². The molecule has 1 aliphatic heterocycles. The van der Waals surface area contributed by atoms with Gasteiger partial charge in [-0.2, -0.15) is 0 Å². The van der Waals surface area contributed by atoms with Gasteiger partial charge in [0.25, 0.3) is 15.9 Å². The summed E-state index contributed by atoms with van der Waals surface area (Å²) in [6.07, 6.45) is 1.74. The van der Waals surface area contributed by atoms with Crippen molar-refractivity contribution >= 4 is 33.0 Å². The van der Waals surface area contributed by atoms with E-state index < -0.39 is 10.0 Å². The number of anilines is 1. The number of carbonyl (C=O) groups is 1. The van der Waals surface area contributed by atoms with Gasteiger partial charge in [0.1, 0.15) is 9.96 Å². The molecule has 0 spiro atoms. The summed E-state index contributed by atoms with van der Waals surface area (Å²) in [6.45, 7) is 1.23. The summed E-state index contributed by atoms with van der Waals surface area (Å²) in [7, 11) is -3.71. The average Bonchev–Trinajstić information content (AvgIpc) is 3.30. The molecule has 1 aliphatic rings. The van der Waals surface area contributed by atoms with E-state index in [2.05, 4.69) is 16.9 Å². The number of hydrogen-bond donors (Lipinski definition) is 2. The summed E-state index contributed by atoms with van der Waals surface area (Å²) < 4.78 is 27.3. The molecule has 3 aromatic rings. The molecule has 0 unspecified atom stereocenters. The fraction of sp³-hybridized carbons (Fsp3) is 0.227. The van der Waals surface area contributed by atoms with Crippen LogP contribution in [-0.2, 0) is 10.0 Å². The van der Waals surface area contributed by atoms with Gasteiger partial charge in [0, 0.05) is 19.2 Å². The third kappa shape index (κ3) is 4.34. The number of rotatable bonds is 5. The van der Waals surface area contributed by atoms with Gasteiger partial charge in [0.05, 0.1) is 11.3 Å². The number of hydrogen-bond acceptors (Lipinski definition) is 5. The number of nitrogens with one attached hydrogen (secondary N) is 1. The Labute approximate surface area is 179 Å². The normalized spacial score (nSPS) is 15.1. The van der Waals surface area contributed by atoms with E-state index in [1.165, 1.54) is 29.8 Å². The first-order valence-corrected chi connectivity index (χ1v) is 12.0. The molecule has 2 heterocycles. The minimum absolute atomic E-state index is 0.173. The van der Waals surface area contributed by atoms with Gasteiger partial charge in [-0.15, -0.1) is 11.3 Å². The Balaban J connectivity index is 1.43. The second kappa shape index (κ2) is 8.49. The van der Waals surface area contributed by atoms with Crippen molar-refractivity contribution in [3.63, 3.8) is 0 Å². The van der Waals surface area contributed by atoms with Gasteiger partial charge in [-0.3, -0.25) is 9.52 Å². The SMILES string of the molecule is O=C(c1ccc(NS(=O)(=O)c2cccs2)cc1O)N1CCC(c2ccccc2)CC1. The Kier molecular flexibility index (Phi) is 5.78. The molecule has 0 saturated carbocycles. The molecule has 0 radical (unpaired) electrons. The number of benzene rings is 2. The zero-order chi connectivity index (χ0) is 21.1. The third-order valence-electron chi connectivity index (χ3n) is 5.29. The number of thiophene rings is 1. The fourth-order valence-corrected chi connectivity index (χ4v) is 5.75. The minimum Gasteiger partial charge on any atom is -0.507 e. The van der Waals surface area contributed by atoms with Crippen LogP contribution in [0.5, 0.6) is 5.75 Å². The lowest BCUT2D eigenvalue weighted by atomic mass is 9.89. The molecule has 6 nitrogen and oxygen atoms in total. The first kappa shape index (κ1) is 20.4. The molecule has 2 N–H and O–H groups in total. The lowest BCUT2D eigenvalue weighted by Crippen LogP contribution is -2.37. The number of carbonyl (C=O) groups excluding carboxylic acids is 1. The van der Waals surface area contributed by atoms with Crippen LogP contribution in [-0.4, -0.2) is 37.4 Å². The highest BCUT2D eigenvalue weighted by atomic mass is 32.2. The van der Waals surface area contributed by atoms with Crippen LogP contribution < -0.4 is 4.72 Å². The zero-order valence-corrected chi connectivity index (χ0v) is 17.8. The van der Waals surface area contributed by atoms with Crippen molar-refractivity contribution in [2.24, 2.45) is 0 Å². The standard InChI is InChI=1S/C22H22N2O4S2/c25-20-15-18(23-30(27,28)21-7-4-14-29-21)8-9-19(20)22(26)24-12-10-17(11-13-24)16-5-2-1-3-6-16/h1-9,14-15,17,23,25H,10-13H2. The fourth-order valence-electron chi connectivity index (χ4n) is 3.71. The smallest absolute Gasteiger partial charge is 0.271 e. The van der Waals surface area contributed by atoms with Gasteiger partial charge in [0.15, 0.2) is 0 Å². The zero-order valence-electron chi connectivity index (χ0n) is 16.2. The van der Waals surface area contributed by atoms with Crippen molar-refractivity contribution in [1.82, 2.24) is 4.90 Å². The van der Waals surface area contributed by atoms with E-state index in [0.29, 0.717) is 19.0 Å². The highest BCUT2D eigenvalue weighted by molar-refractivity contribution is 7.94. The Hall–Kier alpha value is -2.84. The summed E-state index contributed by atoms with van der Waals surface area (Å²) in [5.74, 6) is -0.0545. The number of phenols is 1. The van der Waals surface area contributed by atoms with E-state index >= 15 is 0 Å². The molecule has 0 atom stereocenters. The largest absolute Gasteiger partial charge is 0.507 e. The van der Waals surface area contributed by atoms with Crippen molar-refractivity contribution in [3.05, 3.63) is 77.2 Å². The van der Waals surface area contributed by atoms with Crippen LogP contribution in [0.25, 0.3) is 0 Å². The molecule has 2 aromatic carbocycles. The van der Waals surface area contributed by atoms with Crippen molar-refractivity contribution in [2.45, 2.75) is 23.0 Å². The Morgan fingerprint density at radius 3 is 2.40 bits per heavy atom. The summed E-state index contributed by atoms with van der Waals surface area (Å²) in [4.78, 5) is 14.6. The van der Waals surface area contributed by atoms with Crippen LogP contribution in [0.3, 0.4) is 0 Å². The second-order valence-electron chi connectivity index (χ2n) is 7.25. The van der Waals surface area contributed by atoms with E-state index in [-0.39, 0.29) is 27.1 Å². The molecular formula is C22H22N2O4S2. The van der Waals surface area contributed by atoms with Gasteiger partial charge in [0.2, 0.25) is 0 Å².